The summed E-state index contributed by atoms with van der Waals surface area (Å²) in [6.45, 7) is 4.08. The molecule has 0 fully saturated rings. The summed E-state index contributed by atoms with van der Waals surface area (Å²) >= 11 is 0. The number of amides is 1. The molecular weight excluding hydrogens is 192 g/mol. The van der Waals surface area contributed by atoms with E-state index >= 15 is 0 Å². The number of nitriles is 1. The second kappa shape index (κ2) is 5.15. The first-order chi connectivity index (χ1) is 7.15. The first-order valence-electron chi connectivity index (χ1n) is 4.79. The zero-order valence-corrected chi connectivity index (χ0v) is 8.92. The van der Waals surface area contributed by atoms with E-state index in [1.807, 2.05) is 19.9 Å². The van der Waals surface area contributed by atoms with E-state index in [0.717, 1.165) is 0 Å². The van der Waals surface area contributed by atoms with Gasteiger partial charge in [0.1, 0.15) is 13.1 Å². The third-order valence-electron chi connectivity index (χ3n) is 2.04. The van der Waals surface area contributed by atoms with Crippen LogP contribution in [0.2, 0.25) is 0 Å². The van der Waals surface area contributed by atoms with Crippen molar-refractivity contribution in [2.45, 2.75) is 26.4 Å². The predicted octanol–water partition coefficient (Wildman–Crippen LogP) is 0.644. The number of hydrogen-bond donors (Lipinski definition) is 0. The minimum atomic E-state index is -0.0877. The summed E-state index contributed by atoms with van der Waals surface area (Å²) in [6, 6.07) is 3.78. The van der Waals surface area contributed by atoms with Crippen molar-refractivity contribution in [3.05, 3.63) is 18.5 Å². The fraction of sp³-hybridized carbons (Fsp3) is 0.500. The van der Waals surface area contributed by atoms with Crippen LogP contribution >= 0.6 is 0 Å². The van der Waals surface area contributed by atoms with Gasteiger partial charge in [0.05, 0.1) is 6.07 Å². The number of hydrogen-bond acceptors (Lipinski definition) is 3. The Kier molecular flexibility index (Phi) is 3.86. The van der Waals surface area contributed by atoms with E-state index in [1.54, 1.807) is 23.1 Å². The second-order valence-electron chi connectivity index (χ2n) is 3.48. The first kappa shape index (κ1) is 11.2. The van der Waals surface area contributed by atoms with Gasteiger partial charge in [-0.1, -0.05) is 0 Å². The van der Waals surface area contributed by atoms with Crippen molar-refractivity contribution >= 4 is 5.91 Å². The number of aromatic nitrogens is 2. The summed E-state index contributed by atoms with van der Waals surface area (Å²) in [5, 5.41) is 12.5. The molecule has 0 bridgehead atoms. The number of nitrogens with zero attached hydrogens (tertiary/aromatic N) is 4. The SMILES string of the molecule is CC(C)N(CC#N)C(=O)Cn1cccn1. The molecule has 0 radical (unpaired) electrons. The van der Waals surface area contributed by atoms with Gasteiger partial charge in [-0.3, -0.25) is 9.48 Å². The minimum Gasteiger partial charge on any atom is -0.325 e. The highest BCUT2D eigenvalue weighted by atomic mass is 16.2. The standard InChI is InChI=1S/C10H14N4O/c1-9(2)14(7-4-11)10(15)8-13-6-3-5-12-13/h3,5-6,9H,7-8H2,1-2H3. The molecule has 1 heterocycles. The molecule has 1 amide bonds. The fourth-order valence-electron chi connectivity index (χ4n) is 1.26. The van der Waals surface area contributed by atoms with Crippen LogP contribution in [0.1, 0.15) is 13.8 Å². The smallest absolute Gasteiger partial charge is 0.245 e. The zero-order chi connectivity index (χ0) is 11.3. The highest BCUT2D eigenvalue weighted by Gasteiger charge is 2.16. The maximum absolute atomic E-state index is 11.8. The van der Waals surface area contributed by atoms with Crippen molar-refractivity contribution in [3.63, 3.8) is 0 Å². The normalized spacial score (nSPS) is 10.0. The van der Waals surface area contributed by atoms with E-state index in [-0.39, 0.29) is 25.0 Å². The Labute approximate surface area is 88.9 Å². The fourth-order valence-corrected chi connectivity index (χ4v) is 1.26. The molecule has 0 N–H and O–H groups in total. The molecule has 0 atom stereocenters. The van der Waals surface area contributed by atoms with Crippen molar-refractivity contribution in [2.75, 3.05) is 6.54 Å². The molecule has 0 aliphatic carbocycles. The topological polar surface area (TPSA) is 61.9 Å². The van der Waals surface area contributed by atoms with Gasteiger partial charge >= 0.3 is 0 Å². The van der Waals surface area contributed by atoms with Gasteiger partial charge in [0, 0.05) is 18.4 Å². The van der Waals surface area contributed by atoms with Crippen LogP contribution in [0, 0.1) is 11.3 Å². The minimum absolute atomic E-state index is 0.0349. The van der Waals surface area contributed by atoms with E-state index < -0.39 is 0 Å². The third-order valence-corrected chi connectivity index (χ3v) is 2.04. The summed E-state index contributed by atoms with van der Waals surface area (Å²) in [4.78, 5) is 13.3. The Balaban J connectivity index is 2.61. The molecule has 0 aromatic carbocycles. The number of rotatable bonds is 4. The van der Waals surface area contributed by atoms with Gasteiger partial charge in [0.25, 0.3) is 0 Å². The molecular formula is C10H14N4O. The lowest BCUT2D eigenvalue weighted by Gasteiger charge is -2.23. The molecule has 1 rings (SSSR count). The summed E-state index contributed by atoms with van der Waals surface area (Å²) in [5.74, 6) is -0.0877. The van der Waals surface area contributed by atoms with Gasteiger partial charge in [-0.2, -0.15) is 10.4 Å². The van der Waals surface area contributed by atoms with Gasteiger partial charge in [-0.15, -0.1) is 0 Å². The Morgan fingerprint density at radius 1 is 1.67 bits per heavy atom. The monoisotopic (exact) mass is 206 g/mol. The Bertz CT molecular complexity index is 350. The Hall–Kier alpha value is -1.83. The molecule has 0 saturated carbocycles. The zero-order valence-electron chi connectivity index (χ0n) is 8.92. The summed E-state index contributed by atoms with van der Waals surface area (Å²) in [7, 11) is 0. The highest BCUT2D eigenvalue weighted by Crippen LogP contribution is 2.00. The molecule has 5 heteroatoms. The third kappa shape index (κ3) is 3.09. The van der Waals surface area contributed by atoms with E-state index in [2.05, 4.69) is 5.10 Å². The number of carbonyl (C=O) groups excluding carboxylic acids is 1. The highest BCUT2D eigenvalue weighted by molar-refractivity contribution is 5.76. The van der Waals surface area contributed by atoms with Gasteiger partial charge in [0.2, 0.25) is 5.91 Å². The van der Waals surface area contributed by atoms with E-state index in [0.29, 0.717) is 0 Å². The summed E-state index contributed by atoms with van der Waals surface area (Å²) in [6.07, 6.45) is 3.35. The first-order valence-corrected chi connectivity index (χ1v) is 4.79. The summed E-state index contributed by atoms with van der Waals surface area (Å²) in [5.41, 5.74) is 0. The lowest BCUT2D eigenvalue weighted by atomic mass is 10.3. The largest absolute Gasteiger partial charge is 0.325 e. The maximum atomic E-state index is 11.8. The Morgan fingerprint density at radius 3 is 2.87 bits per heavy atom. The molecule has 0 spiro atoms. The average Bonchev–Trinajstić information content (AvgIpc) is 2.65. The molecule has 80 valence electrons. The average molecular weight is 206 g/mol. The lowest BCUT2D eigenvalue weighted by Crippen LogP contribution is -2.39. The predicted molar refractivity (Wildman–Crippen MR) is 54.7 cm³/mol. The van der Waals surface area contributed by atoms with Crippen LogP contribution in [0.5, 0.6) is 0 Å². The summed E-state index contributed by atoms with van der Waals surface area (Å²) < 4.78 is 1.55. The van der Waals surface area contributed by atoms with E-state index in [4.69, 9.17) is 5.26 Å². The molecule has 0 aliphatic heterocycles. The van der Waals surface area contributed by atoms with Crippen LogP contribution in [0.15, 0.2) is 18.5 Å². The molecule has 5 nitrogen and oxygen atoms in total. The van der Waals surface area contributed by atoms with Gasteiger partial charge in [-0.05, 0) is 19.9 Å². The molecule has 0 aliphatic rings. The van der Waals surface area contributed by atoms with E-state index in [1.165, 1.54) is 4.90 Å². The van der Waals surface area contributed by atoms with Gasteiger partial charge in [-0.25, -0.2) is 0 Å². The van der Waals surface area contributed by atoms with Crippen molar-refractivity contribution < 1.29 is 4.79 Å². The van der Waals surface area contributed by atoms with Crippen LogP contribution in [0.25, 0.3) is 0 Å². The van der Waals surface area contributed by atoms with Crippen molar-refractivity contribution in [1.82, 2.24) is 14.7 Å². The molecule has 1 aromatic rings. The second-order valence-corrected chi connectivity index (χ2v) is 3.48. The van der Waals surface area contributed by atoms with Crippen LogP contribution in [0.4, 0.5) is 0 Å². The molecule has 1 aromatic heterocycles. The quantitative estimate of drug-likeness (QED) is 0.679. The van der Waals surface area contributed by atoms with Crippen molar-refractivity contribution in [1.29, 1.82) is 5.26 Å². The van der Waals surface area contributed by atoms with Gasteiger partial charge < -0.3 is 4.90 Å². The maximum Gasteiger partial charge on any atom is 0.245 e. The van der Waals surface area contributed by atoms with Gasteiger partial charge in [0.15, 0.2) is 0 Å². The molecule has 0 unspecified atom stereocenters. The van der Waals surface area contributed by atoms with Crippen molar-refractivity contribution in [2.24, 2.45) is 0 Å². The number of carbonyl (C=O) groups is 1. The lowest BCUT2D eigenvalue weighted by molar-refractivity contribution is -0.133. The van der Waals surface area contributed by atoms with Crippen molar-refractivity contribution in [3.8, 4) is 6.07 Å². The van der Waals surface area contributed by atoms with Crippen LogP contribution in [-0.4, -0.2) is 33.2 Å². The van der Waals surface area contributed by atoms with Crippen LogP contribution in [0.3, 0.4) is 0 Å². The van der Waals surface area contributed by atoms with Crippen LogP contribution < -0.4 is 0 Å². The van der Waals surface area contributed by atoms with Crippen LogP contribution in [-0.2, 0) is 11.3 Å². The molecule has 15 heavy (non-hydrogen) atoms. The molecule has 0 saturated heterocycles. The van der Waals surface area contributed by atoms with E-state index in [9.17, 15) is 4.79 Å². The Morgan fingerprint density at radius 2 is 2.40 bits per heavy atom.